The number of rotatable bonds is 7. The smallest absolute Gasteiger partial charge is 0.223 e. The van der Waals surface area contributed by atoms with Crippen LogP contribution in [0.15, 0.2) is 6.20 Å². The van der Waals surface area contributed by atoms with Gasteiger partial charge in [0.05, 0.1) is 24.4 Å². The Morgan fingerprint density at radius 3 is 2.74 bits per heavy atom. The Morgan fingerprint density at radius 1 is 1.30 bits per heavy atom. The van der Waals surface area contributed by atoms with Crippen LogP contribution in [-0.4, -0.2) is 50.9 Å². The summed E-state index contributed by atoms with van der Waals surface area (Å²) in [6, 6.07) is -0.0837. The molecule has 7 heteroatoms. The fourth-order valence-corrected chi connectivity index (χ4v) is 4.14. The van der Waals surface area contributed by atoms with E-state index in [-0.39, 0.29) is 36.7 Å². The Morgan fingerprint density at radius 2 is 2.07 bits per heavy atom. The highest BCUT2D eigenvalue weighted by Crippen LogP contribution is 2.26. The molecule has 2 aliphatic rings. The van der Waals surface area contributed by atoms with E-state index in [4.69, 9.17) is 4.74 Å². The summed E-state index contributed by atoms with van der Waals surface area (Å²) >= 11 is 0. The second-order valence-corrected chi connectivity index (χ2v) is 8.36. The van der Waals surface area contributed by atoms with Crippen LogP contribution >= 0.6 is 0 Å². The van der Waals surface area contributed by atoms with Gasteiger partial charge in [0, 0.05) is 18.7 Å². The number of hydrogen-bond donors (Lipinski definition) is 2. The maximum Gasteiger partial charge on any atom is 0.223 e. The Balaban J connectivity index is 1.46. The van der Waals surface area contributed by atoms with Gasteiger partial charge in [-0.05, 0) is 38.0 Å². The molecule has 0 radical (unpaired) electrons. The van der Waals surface area contributed by atoms with Crippen LogP contribution < -0.4 is 5.32 Å². The lowest BCUT2D eigenvalue weighted by molar-refractivity contribution is -0.133. The number of nitrogens with one attached hydrogen (secondary N) is 1. The van der Waals surface area contributed by atoms with E-state index in [0.29, 0.717) is 5.92 Å². The third kappa shape index (κ3) is 5.51. The van der Waals surface area contributed by atoms with Gasteiger partial charge in [-0.25, -0.2) is 0 Å². The van der Waals surface area contributed by atoms with Crippen LogP contribution in [0.2, 0.25) is 0 Å². The van der Waals surface area contributed by atoms with Crippen molar-refractivity contribution in [3.05, 3.63) is 11.9 Å². The van der Waals surface area contributed by atoms with Gasteiger partial charge in [0.25, 0.3) is 0 Å². The molecule has 2 N–H and O–H groups in total. The molecule has 0 aromatic carbocycles. The molecule has 3 rings (SSSR count). The Bertz CT molecular complexity index is 598. The van der Waals surface area contributed by atoms with Crippen LogP contribution in [0.25, 0.3) is 0 Å². The summed E-state index contributed by atoms with van der Waals surface area (Å²) in [5, 5.41) is 21.3. The van der Waals surface area contributed by atoms with E-state index in [1.807, 2.05) is 10.9 Å². The van der Waals surface area contributed by atoms with E-state index < -0.39 is 0 Å². The average molecular weight is 379 g/mol. The van der Waals surface area contributed by atoms with Crippen molar-refractivity contribution in [2.24, 2.45) is 5.92 Å². The van der Waals surface area contributed by atoms with Crippen molar-refractivity contribution in [3.63, 3.8) is 0 Å². The predicted octanol–water partition coefficient (Wildman–Crippen LogP) is 2.40. The van der Waals surface area contributed by atoms with Gasteiger partial charge in [0.1, 0.15) is 6.10 Å². The van der Waals surface area contributed by atoms with Crippen LogP contribution in [-0.2, 0) is 16.1 Å². The maximum absolute atomic E-state index is 12.5. The predicted molar refractivity (Wildman–Crippen MR) is 102 cm³/mol. The summed E-state index contributed by atoms with van der Waals surface area (Å²) in [6.07, 6.45) is 9.82. The number of carbonyl (C=O) groups is 1. The molecule has 1 aliphatic carbocycles. The summed E-state index contributed by atoms with van der Waals surface area (Å²) in [7, 11) is 0. The minimum atomic E-state index is -0.321. The molecule has 1 aliphatic heterocycles. The lowest BCUT2D eigenvalue weighted by Gasteiger charge is -2.37. The van der Waals surface area contributed by atoms with Gasteiger partial charge in [0.15, 0.2) is 0 Å². The van der Waals surface area contributed by atoms with Crippen molar-refractivity contribution in [2.75, 3.05) is 6.61 Å². The fourth-order valence-electron chi connectivity index (χ4n) is 4.14. The number of ether oxygens (including phenoxy) is 1. The average Bonchev–Trinajstić information content (AvgIpc) is 3.17. The monoisotopic (exact) mass is 378 g/mol. The van der Waals surface area contributed by atoms with Gasteiger partial charge in [0.2, 0.25) is 5.91 Å². The van der Waals surface area contributed by atoms with Crippen LogP contribution in [0.3, 0.4) is 0 Å². The van der Waals surface area contributed by atoms with E-state index >= 15 is 0 Å². The second kappa shape index (κ2) is 9.64. The summed E-state index contributed by atoms with van der Waals surface area (Å²) in [5.74, 6) is 0.652. The molecule has 0 spiro atoms. The molecule has 1 aromatic heterocycles. The lowest BCUT2D eigenvalue weighted by atomic mass is 9.88. The lowest BCUT2D eigenvalue weighted by Crippen LogP contribution is -2.52. The SMILES string of the molecule is CC(C)c1cn(CC[C@@H]2CC[C@@H](NC(=O)C3CCCCC3)[C@@H](CO)O2)nn1. The molecule has 27 heavy (non-hydrogen) atoms. The minimum absolute atomic E-state index is 0.0626. The molecule has 2 fully saturated rings. The zero-order valence-corrected chi connectivity index (χ0v) is 16.6. The van der Waals surface area contributed by atoms with Crippen LogP contribution in [0.5, 0.6) is 0 Å². The van der Waals surface area contributed by atoms with Gasteiger partial charge >= 0.3 is 0 Å². The summed E-state index contributed by atoms with van der Waals surface area (Å²) < 4.78 is 7.95. The Kier molecular flexibility index (Phi) is 7.24. The first-order valence-corrected chi connectivity index (χ1v) is 10.5. The molecule has 7 nitrogen and oxygen atoms in total. The summed E-state index contributed by atoms with van der Waals surface area (Å²) in [5.41, 5.74) is 0.998. The van der Waals surface area contributed by atoms with Crippen LogP contribution in [0.1, 0.15) is 76.8 Å². The minimum Gasteiger partial charge on any atom is -0.394 e. The first kappa shape index (κ1) is 20.3. The number of amides is 1. The first-order chi connectivity index (χ1) is 13.1. The van der Waals surface area contributed by atoms with E-state index in [2.05, 4.69) is 29.5 Å². The molecule has 1 saturated carbocycles. The van der Waals surface area contributed by atoms with Crippen molar-refractivity contribution in [2.45, 2.75) is 95.9 Å². The molecular formula is C20H34N4O3. The number of carbonyl (C=O) groups excluding carboxylic acids is 1. The van der Waals surface area contributed by atoms with Gasteiger partial charge in [-0.3, -0.25) is 9.48 Å². The topological polar surface area (TPSA) is 89.3 Å². The normalized spacial score (nSPS) is 27.0. The van der Waals surface area contributed by atoms with Gasteiger partial charge in [-0.15, -0.1) is 5.10 Å². The maximum atomic E-state index is 12.5. The number of aliphatic hydroxyl groups excluding tert-OH is 1. The number of aryl methyl sites for hydroxylation is 1. The standard InChI is InChI=1S/C20H34N4O3/c1-14(2)18-12-24(23-22-18)11-10-16-8-9-17(19(13-25)27-16)21-20(26)15-6-4-3-5-7-15/h12,14-17,19,25H,3-11,13H2,1-2H3,(H,21,26)/t16-,17+,19+/m0/s1. The fraction of sp³-hybridized carbons (Fsp3) is 0.850. The molecule has 1 saturated heterocycles. The Labute approximate surface area is 161 Å². The van der Waals surface area contributed by atoms with Crippen molar-refractivity contribution >= 4 is 5.91 Å². The van der Waals surface area contributed by atoms with E-state index in [1.54, 1.807) is 0 Å². The van der Waals surface area contributed by atoms with E-state index in [9.17, 15) is 9.90 Å². The van der Waals surface area contributed by atoms with Crippen LogP contribution in [0.4, 0.5) is 0 Å². The zero-order chi connectivity index (χ0) is 19.2. The number of aliphatic hydroxyl groups is 1. The molecule has 0 unspecified atom stereocenters. The number of aromatic nitrogens is 3. The molecule has 3 atom stereocenters. The first-order valence-electron chi connectivity index (χ1n) is 10.5. The largest absolute Gasteiger partial charge is 0.394 e. The third-order valence-electron chi connectivity index (χ3n) is 5.93. The van der Waals surface area contributed by atoms with E-state index in [1.165, 1.54) is 6.42 Å². The molecule has 152 valence electrons. The van der Waals surface area contributed by atoms with Crippen molar-refractivity contribution in [3.8, 4) is 0 Å². The molecule has 0 bridgehead atoms. The second-order valence-electron chi connectivity index (χ2n) is 8.36. The Hall–Kier alpha value is -1.47. The zero-order valence-electron chi connectivity index (χ0n) is 16.6. The van der Waals surface area contributed by atoms with Crippen LogP contribution in [0, 0.1) is 5.92 Å². The van der Waals surface area contributed by atoms with Gasteiger partial charge < -0.3 is 15.2 Å². The van der Waals surface area contributed by atoms with Crippen molar-refractivity contribution in [1.29, 1.82) is 0 Å². The molecule has 2 heterocycles. The van der Waals surface area contributed by atoms with Gasteiger partial charge in [-0.1, -0.05) is 38.3 Å². The van der Waals surface area contributed by atoms with Gasteiger partial charge in [-0.2, -0.15) is 0 Å². The van der Waals surface area contributed by atoms with Crippen molar-refractivity contribution < 1.29 is 14.6 Å². The number of nitrogens with zero attached hydrogens (tertiary/aromatic N) is 3. The highest BCUT2D eigenvalue weighted by molar-refractivity contribution is 5.79. The number of hydrogen-bond acceptors (Lipinski definition) is 5. The highest BCUT2D eigenvalue weighted by Gasteiger charge is 2.33. The molecule has 1 amide bonds. The van der Waals surface area contributed by atoms with E-state index in [0.717, 1.165) is 57.2 Å². The summed E-state index contributed by atoms with van der Waals surface area (Å²) in [6.45, 7) is 4.90. The van der Waals surface area contributed by atoms with Crippen molar-refractivity contribution in [1.82, 2.24) is 20.3 Å². The quantitative estimate of drug-likeness (QED) is 0.760. The molecule has 1 aromatic rings. The molecular weight excluding hydrogens is 344 g/mol. The highest BCUT2D eigenvalue weighted by atomic mass is 16.5. The third-order valence-corrected chi connectivity index (χ3v) is 5.93. The summed E-state index contributed by atoms with van der Waals surface area (Å²) in [4.78, 5) is 12.5.